The molecule has 1 fully saturated rings. The maximum atomic E-state index is 11.5. The second-order valence-corrected chi connectivity index (χ2v) is 4.71. The summed E-state index contributed by atoms with van der Waals surface area (Å²) in [5.41, 5.74) is 0.999. The van der Waals surface area contributed by atoms with E-state index in [0.29, 0.717) is 29.4 Å². The van der Waals surface area contributed by atoms with Gasteiger partial charge in [0.15, 0.2) is 0 Å². The van der Waals surface area contributed by atoms with E-state index in [0.717, 1.165) is 26.1 Å². The molecule has 4 nitrogen and oxygen atoms in total. The van der Waals surface area contributed by atoms with E-state index in [2.05, 4.69) is 10.7 Å². The highest BCUT2D eigenvalue weighted by Gasteiger charge is 2.16. The van der Waals surface area contributed by atoms with E-state index in [4.69, 9.17) is 15.9 Å². The van der Waals surface area contributed by atoms with Gasteiger partial charge >= 0.3 is 5.97 Å². The first-order valence-electron chi connectivity index (χ1n) is 6.64. The molecule has 20 heavy (non-hydrogen) atoms. The van der Waals surface area contributed by atoms with Crippen molar-refractivity contribution in [3.05, 3.63) is 29.3 Å². The van der Waals surface area contributed by atoms with E-state index in [1.165, 1.54) is 7.11 Å². The van der Waals surface area contributed by atoms with Crippen LogP contribution in [0.2, 0.25) is 0 Å². The highest BCUT2D eigenvalue weighted by Crippen LogP contribution is 2.22. The van der Waals surface area contributed by atoms with E-state index in [1.807, 2.05) is 0 Å². The van der Waals surface area contributed by atoms with Gasteiger partial charge in [-0.3, -0.25) is 0 Å². The van der Waals surface area contributed by atoms with Crippen LogP contribution in [0.25, 0.3) is 0 Å². The predicted molar refractivity (Wildman–Crippen MR) is 74.8 cm³/mol. The topological polar surface area (TPSA) is 44.8 Å². The summed E-state index contributed by atoms with van der Waals surface area (Å²) in [5.74, 6) is 3.27. The Bertz CT molecular complexity index is 510. The third-order valence-electron chi connectivity index (χ3n) is 3.37. The van der Waals surface area contributed by atoms with Gasteiger partial charge in [0.05, 0.1) is 24.8 Å². The Morgan fingerprint density at radius 3 is 2.85 bits per heavy atom. The van der Waals surface area contributed by atoms with Crippen LogP contribution in [0.3, 0.4) is 0 Å². The number of ether oxygens (including phenoxy) is 3. The Labute approximate surface area is 119 Å². The highest BCUT2D eigenvalue weighted by atomic mass is 16.5. The molecule has 0 amide bonds. The summed E-state index contributed by atoms with van der Waals surface area (Å²) in [6.07, 6.45) is 7.48. The largest absolute Gasteiger partial charge is 0.492 e. The van der Waals surface area contributed by atoms with Crippen molar-refractivity contribution in [3.63, 3.8) is 0 Å². The molecule has 0 bridgehead atoms. The molecule has 2 rings (SSSR count). The number of hydrogen-bond donors (Lipinski definition) is 0. The number of rotatable bonds is 4. The molecule has 1 aliphatic heterocycles. The fourth-order valence-electron chi connectivity index (χ4n) is 2.13. The zero-order chi connectivity index (χ0) is 14.4. The minimum absolute atomic E-state index is 0.405. The molecular weight excluding hydrogens is 256 g/mol. The molecule has 1 saturated heterocycles. The van der Waals surface area contributed by atoms with E-state index in [9.17, 15) is 4.79 Å². The van der Waals surface area contributed by atoms with Gasteiger partial charge in [-0.25, -0.2) is 4.79 Å². The summed E-state index contributed by atoms with van der Waals surface area (Å²) in [6, 6.07) is 5.00. The number of hydrogen-bond acceptors (Lipinski definition) is 4. The monoisotopic (exact) mass is 274 g/mol. The molecule has 4 heteroatoms. The minimum atomic E-state index is -0.405. The van der Waals surface area contributed by atoms with Crippen LogP contribution < -0.4 is 4.74 Å². The molecule has 0 saturated carbocycles. The quantitative estimate of drug-likeness (QED) is 0.624. The van der Waals surface area contributed by atoms with Crippen molar-refractivity contribution in [2.24, 2.45) is 5.92 Å². The lowest BCUT2D eigenvalue weighted by Gasteiger charge is -2.22. The Kier molecular flexibility index (Phi) is 5.03. The number of carbonyl (C=O) groups excluding carboxylic acids is 1. The number of methoxy groups -OCH3 is 1. The number of esters is 1. The Balaban J connectivity index is 2.04. The van der Waals surface area contributed by atoms with Crippen molar-refractivity contribution in [2.45, 2.75) is 12.8 Å². The van der Waals surface area contributed by atoms with Crippen molar-refractivity contribution in [1.82, 2.24) is 0 Å². The van der Waals surface area contributed by atoms with Crippen molar-refractivity contribution in [3.8, 4) is 18.1 Å². The van der Waals surface area contributed by atoms with E-state index in [-0.39, 0.29) is 0 Å². The lowest BCUT2D eigenvalue weighted by molar-refractivity contribution is 0.0496. The van der Waals surface area contributed by atoms with Gasteiger partial charge in [0.2, 0.25) is 0 Å². The summed E-state index contributed by atoms with van der Waals surface area (Å²) >= 11 is 0. The molecule has 1 aliphatic rings. The SMILES string of the molecule is C#Cc1cc(C(=O)OC)ccc1OCC1CCOCC1. The third-order valence-corrected chi connectivity index (χ3v) is 3.37. The van der Waals surface area contributed by atoms with Crippen LogP contribution in [0, 0.1) is 18.3 Å². The van der Waals surface area contributed by atoms with Gasteiger partial charge in [-0.05, 0) is 37.0 Å². The molecule has 1 aromatic rings. The van der Waals surface area contributed by atoms with Crippen LogP contribution in [-0.2, 0) is 9.47 Å². The summed E-state index contributed by atoms with van der Waals surface area (Å²) in [7, 11) is 1.34. The maximum Gasteiger partial charge on any atom is 0.337 e. The first kappa shape index (κ1) is 14.4. The van der Waals surface area contributed by atoms with Gasteiger partial charge in [-0.2, -0.15) is 0 Å². The zero-order valence-electron chi connectivity index (χ0n) is 11.6. The standard InChI is InChI=1S/C16H18O4/c1-3-13-10-14(16(17)18-2)4-5-15(13)20-11-12-6-8-19-9-7-12/h1,4-5,10,12H,6-9,11H2,2H3. The van der Waals surface area contributed by atoms with Gasteiger partial charge in [0, 0.05) is 13.2 Å². The Morgan fingerprint density at radius 2 is 2.20 bits per heavy atom. The van der Waals surface area contributed by atoms with Gasteiger partial charge < -0.3 is 14.2 Å². The van der Waals surface area contributed by atoms with E-state index < -0.39 is 5.97 Å². The van der Waals surface area contributed by atoms with Crippen LogP contribution in [0.5, 0.6) is 5.75 Å². The predicted octanol–water partition coefficient (Wildman–Crippen LogP) is 2.26. The molecule has 0 aromatic heterocycles. The van der Waals surface area contributed by atoms with Gasteiger partial charge in [-0.15, -0.1) is 6.42 Å². The molecular formula is C16H18O4. The normalized spacial score (nSPS) is 15.4. The fraction of sp³-hybridized carbons (Fsp3) is 0.438. The van der Waals surface area contributed by atoms with Crippen LogP contribution in [-0.4, -0.2) is 32.9 Å². The van der Waals surface area contributed by atoms with Gasteiger partial charge in [-0.1, -0.05) is 5.92 Å². The van der Waals surface area contributed by atoms with Crippen LogP contribution >= 0.6 is 0 Å². The van der Waals surface area contributed by atoms with Crippen LogP contribution in [0.1, 0.15) is 28.8 Å². The van der Waals surface area contributed by atoms with Gasteiger partial charge in [0.1, 0.15) is 5.75 Å². The summed E-state index contributed by atoms with van der Waals surface area (Å²) in [6.45, 7) is 2.20. The summed E-state index contributed by atoms with van der Waals surface area (Å²) in [5, 5.41) is 0. The molecule has 0 N–H and O–H groups in total. The molecule has 1 heterocycles. The fourth-order valence-corrected chi connectivity index (χ4v) is 2.13. The molecule has 0 spiro atoms. The van der Waals surface area contributed by atoms with Crippen molar-refractivity contribution < 1.29 is 19.0 Å². The molecule has 106 valence electrons. The summed E-state index contributed by atoms with van der Waals surface area (Å²) < 4.78 is 15.8. The second kappa shape index (κ2) is 6.97. The Hall–Kier alpha value is -1.99. The van der Waals surface area contributed by atoms with Crippen molar-refractivity contribution in [2.75, 3.05) is 26.9 Å². The van der Waals surface area contributed by atoms with Crippen LogP contribution in [0.4, 0.5) is 0 Å². The number of terminal acetylenes is 1. The van der Waals surface area contributed by atoms with Crippen molar-refractivity contribution >= 4 is 5.97 Å². The Morgan fingerprint density at radius 1 is 1.45 bits per heavy atom. The van der Waals surface area contributed by atoms with Gasteiger partial charge in [0.25, 0.3) is 0 Å². The number of carbonyl (C=O) groups is 1. The second-order valence-electron chi connectivity index (χ2n) is 4.71. The lowest BCUT2D eigenvalue weighted by atomic mass is 10.0. The molecule has 0 atom stereocenters. The summed E-state index contributed by atoms with van der Waals surface area (Å²) in [4.78, 5) is 11.5. The zero-order valence-corrected chi connectivity index (χ0v) is 11.6. The smallest absolute Gasteiger partial charge is 0.337 e. The molecule has 0 radical (unpaired) electrons. The van der Waals surface area contributed by atoms with E-state index in [1.54, 1.807) is 18.2 Å². The maximum absolute atomic E-state index is 11.5. The molecule has 0 aliphatic carbocycles. The first-order valence-corrected chi connectivity index (χ1v) is 6.64. The third kappa shape index (κ3) is 3.52. The van der Waals surface area contributed by atoms with Crippen LogP contribution in [0.15, 0.2) is 18.2 Å². The van der Waals surface area contributed by atoms with E-state index >= 15 is 0 Å². The average Bonchev–Trinajstić information content (AvgIpc) is 2.53. The molecule has 0 unspecified atom stereocenters. The van der Waals surface area contributed by atoms with Crippen molar-refractivity contribution in [1.29, 1.82) is 0 Å². The lowest BCUT2D eigenvalue weighted by Crippen LogP contribution is -2.21. The number of benzene rings is 1. The molecule has 1 aromatic carbocycles. The minimum Gasteiger partial charge on any atom is -0.492 e. The highest BCUT2D eigenvalue weighted by molar-refractivity contribution is 5.90. The average molecular weight is 274 g/mol. The first-order chi connectivity index (χ1) is 9.74.